The molecule has 9 rings (SSSR count). The lowest BCUT2D eigenvalue weighted by molar-refractivity contribution is -0.124. The van der Waals surface area contributed by atoms with E-state index in [1.165, 1.54) is 10.4 Å². The van der Waals surface area contributed by atoms with Crippen molar-refractivity contribution in [2.75, 3.05) is 5.32 Å². The number of thiophene rings is 1. The fourth-order valence-corrected chi connectivity index (χ4v) is 10.4. The zero-order chi connectivity index (χ0) is 35.0. The van der Waals surface area contributed by atoms with Gasteiger partial charge in [-0.05, 0) is 104 Å². The molecular formula is C41H39ClN6O2S. The van der Waals surface area contributed by atoms with Gasteiger partial charge in [-0.1, -0.05) is 41.9 Å². The first kappa shape index (κ1) is 32.4. The van der Waals surface area contributed by atoms with Crippen LogP contribution in [-0.4, -0.2) is 43.1 Å². The number of hydrogen-bond donors (Lipinski definition) is 1. The zero-order valence-corrected chi connectivity index (χ0v) is 30.6. The van der Waals surface area contributed by atoms with E-state index in [0.29, 0.717) is 48.1 Å². The number of carbonyl (C=O) groups is 2. The van der Waals surface area contributed by atoms with Gasteiger partial charge >= 0.3 is 0 Å². The highest BCUT2D eigenvalue weighted by molar-refractivity contribution is 7.15. The summed E-state index contributed by atoms with van der Waals surface area (Å²) >= 11 is 7.99. The number of benzene rings is 2. The Bertz CT molecular complexity index is 2260. The molecule has 3 aromatic heterocycles. The SMILES string of the molecule is Cc1sc2c(c1C)C(c1ccc(Cl)cc1)=N[C@@H](CC(=O)CC1CC3(C1)CC(Nc1ncccc1-c1ccc4c(c1)CC(=O)C4)C3)c1nnc(C)n1-2. The van der Waals surface area contributed by atoms with Crippen LogP contribution < -0.4 is 5.32 Å². The number of aryl methyl sites for hydroxylation is 2. The van der Waals surface area contributed by atoms with E-state index in [9.17, 15) is 9.59 Å². The van der Waals surface area contributed by atoms with Crippen molar-refractivity contribution in [1.29, 1.82) is 0 Å². The molecule has 0 amide bonds. The van der Waals surface area contributed by atoms with Gasteiger partial charge in [0, 0.05) is 64.5 Å². The second-order valence-corrected chi connectivity index (χ2v) is 16.8. The number of aliphatic imine (C=N–C) groups is 1. The van der Waals surface area contributed by atoms with Gasteiger partial charge in [-0.3, -0.25) is 19.1 Å². The number of halogens is 1. The lowest BCUT2D eigenvalue weighted by Gasteiger charge is -2.58. The maximum atomic E-state index is 13.8. The highest BCUT2D eigenvalue weighted by Gasteiger charge is 2.53. The van der Waals surface area contributed by atoms with Crippen molar-refractivity contribution < 1.29 is 9.59 Å². The van der Waals surface area contributed by atoms with Gasteiger partial charge in [0.1, 0.15) is 34.3 Å². The van der Waals surface area contributed by atoms with E-state index in [0.717, 1.165) is 87.2 Å². The molecule has 2 saturated carbocycles. The maximum Gasteiger partial charge on any atom is 0.163 e. The molecule has 1 N–H and O–H groups in total. The number of ketones is 2. The van der Waals surface area contributed by atoms with Crippen molar-refractivity contribution in [1.82, 2.24) is 19.7 Å². The Labute approximate surface area is 306 Å². The van der Waals surface area contributed by atoms with E-state index in [1.54, 1.807) is 11.3 Å². The van der Waals surface area contributed by atoms with Crippen LogP contribution in [-0.2, 0) is 22.4 Å². The predicted molar refractivity (Wildman–Crippen MR) is 201 cm³/mol. The number of carbonyl (C=O) groups excluding carboxylic acids is 2. The molecule has 2 fully saturated rings. The molecule has 0 bridgehead atoms. The van der Waals surface area contributed by atoms with Gasteiger partial charge in [0.15, 0.2) is 5.82 Å². The first-order chi connectivity index (χ1) is 24.6. The minimum absolute atomic E-state index is 0.229. The largest absolute Gasteiger partial charge is 0.367 e. The molecule has 10 heteroatoms. The summed E-state index contributed by atoms with van der Waals surface area (Å²) in [6, 6.07) is 18.2. The number of aromatic nitrogens is 4. The third-order valence-electron chi connectivity index (χ3n) is 11.5. The molecule has 1 aliphatic heterocycles. The highest BCUT2D eigenvalue weighted by Crippen LogP contribution is 2.60. The van der Waals surface area contributed by atoms with Gasteiger partial charge < -0.3 is 5.32 Å². The van der Waals surface area contributed by atoms with Gasteiger partial charge in [0.05, 0.1) is 5.71 Å². The van der Waals surface area contributed by atoms with E-state index in [1.807, 2.05) is 43.5 Å². The summed E-state index contributed by atoms with van der Waals surface area (Å²) in [6.45, 7) is 6.24. The summed E-state index contributed by atoms with van der Waals surface area (Å²) in [5.74, 6) is 3.34. The van der Waals surface area contributed by atoms with Gasteiger partial charge in [0.25, 0.3) is 0 Å². The lowest BCUT2D eigenvalue weighted by atomic mass is 9.49. The van der Waals surface area contributed by atoms with Crippen molar-refractivity contribution in [2.45, 2.75) is 84.2 Å². The average molecular weight is 715 g/mol. The minimum atomic E-state index is -0.422. The summed E-state index contributed by atoms with van der Waals surface area (Å²) < 4.78 is 2.11. The van der Waals surface area contributed by atoms with E-state index < -0.39 is 6.04 Å². The van der Waals surface area contributed by atoms with E-state index >= 15 is 0 Å². The molecule has 0 radical (unpaired) electrons. The highest BCUT2D eigenvalue weighted by atomic mass is 35.5. The third-order valence-corrected chi connectivity index (χ3v) is 13.0. The van der Waals surface area contributed by atoms with E-state index in [2.05, 4.69) is 58.2 Å². The Hall–Kier alpha value is -4.47. The van der Waals surface area contributed by atoms with E-state index in [4.69, 9.17) is 21.6 Å². The second kappa shape index (κ2) is 12.3. The molecule has 0 saturated heterocycles. The Morgan fingerprint density at radius 1 is 0.961 bits per heavy atom. The fraction of sp³-hybridized carbons (Fsp3) is 0.366. The first-order valence-corrected chi connectivity index (χ1v) is 19.1. The van der Waals surface area contributed by atoms with Crippen LogP contribution >= 0.6 is 22.9 Å². The van der Waals surface area contributed by atoms with Crippen molar-refractivity contribution in [3.8, 4) is 16.1 Å². The normalized spacial score (nSPS) is 23.1. The zero-order valence-electron chi connectivity index (χ0n) is 29.0. The smallest absolute Gasteiger partial charge is 0.163 e. The monoisotopic (exact) mass is 714 g/mol. The van der Waals surface area contributed by atoms with Crippen LogP contribution in [0.5, 0.6) is 0 Å². The molecule has 0 unspecified atom stereocenters. The van der Waals surface area contributed by atoms with Crippen molar-refractivity contribution in [3.63, 3.8) is 0 Å². The fourth-order valence-electron chi connectivity index (χ4n) is 9.05. The molecule has 2 aromatic carbocycles. The molecule has 1 spiro atoms. The van der Waals surface area contributed by atoms with Gasteiger partial charge in [-0.15, -0.1) is 21.5 Å². The Morgan fingerprint density at radius 3 is 2.53 bits per heavy atom. The van der Waals surface area contributed by atoms with Gasteiger partial charge in [-0.2, -0.15) is 0 Å². The number of hydrogen-bond acceptors (Lipinski definition) is 8. The number of pyridine rings is 1. The van der Waals surface area contributed by atoms with Crippen molar-refractivity contribution in [2.24, 2.45) is 16.3 Å². The predicted octanol–water partition coefficient (Wildman–Crippen LogP) is 8.55. The van der Waals surface area contributed by atoms with Crippen LogP contribution in [0, 0.1) is 32.1 Å². The number of anilines is 1. The van der Waals surface area contributed by atoms with Gasteiger partial charge in [0.2, 0.25) is 0 Å². The first-order valence-electron chi connectivity index (χ1n) is 17.9. The summed E-state index contributed by atoms with van der Waals surface area (Å²) in [4.78, 5) is 37.0. The number of rotatable bonds is 8. The summed E-state index contributed by atoms with van der Waals surface area (Å²) in [5.41, 5.74) is 8.89. The standard InChI is InChI=1S/C41H39ClN6O2S/c1-22-23(2)51-40-36(22)37(26-8-10-30(42)11-9-26)45-35(39-47-46-24(3)48(39)40)17-32(49)13-25-18-41(19-25)20-31(21-41)44-38-34(5-4-12-43-38)28-7-6-27-15-33(50)16-29(27)14-28/h4-12,14,25,31,35H,13,15-21H2,1-3H3,(H,43,44)/t25?,31?,35-,41?/m0/s1. The van der Waals surface area contributed by atoms with Crippen LogP contribution in [0.1, 0.15) is 88.9 Å². The Kier molecular flexibility index (Phi) is 7.85. The number of nitrogens with one attached hydrogen (secondary N) is 1. The van der Waals surface area contributed by atoms with Crippen molar-refractivity contribution >= 4 is 46.0 Å². The third kappa shape index (κ3) is 5.75. The lowest BCUT2D eigenvalue weighted by Crippen LogP contribution is -2.53. The quantitative estimate of drug-likeness (QED) is 0.173. The molecule has 51 heavy (non-hydrogen) atoms. The van der Waals surface area contributed by atoms with Crippen LogP contribution in [0.15, 0.2) is 65.8 Å². The van der Waals surface area contributed by atoms with E-state index in [-0.39, 0.29) is 11.6 Å². The summed E-state index contributed by atoms with van der Waals surface area (Å²) in [5, 5.41) is 14.5. The molecule has 258 valence electrons. The van der Waals surface area contributed by atoms with Crippen molar-refractivity contribution in [3.05, 3.63) is 110 Å². The average Bonchev–Trinajstić information content (AvgIpc) is 3.71. The second-order valence-electron chi connectivity index (χ2n) is 15.2. The van der Waals surface area contributed by atoms with Crippen LogP contribution in [0.4, 0.5) is 5.82 Å². The summed E-state index contributed by atoms with van der Waals surface area (Å²) in [7, 11) is 0. The summed E-state index contributed by atoms with van der Waals surface area (Å²) in [6.07, 6.45) is 8.12. The topological polar surface area (TPSA) is 102 Å². The van der Waals surface area contributed by atoms with Crippen LogP contribution in [0.2, 0.25) is 5.02 Å². The number of Topliss-reactive ketones (excluding diaryl/α,β-unsaturated/α-hetero) is 2. The maximum absolute atomic E-state index is 13.8. The van der Waals surface area contributed by atoms with Crippen LogP contribution in [0.25, 0.3) is 16.1 Å². The molecule has 4 aliphatic rings. The number of nitrogens with zero attached hydrogens (tertiary/aromatic N) is 5. The molecule has 1 atom stereocenters. The molecular weight excluding hydrogens is 676 g/mol. The Balaban J connectivity index is 0.865. The minimum Gasteiger partial charge on any atom is -0.367 e. The molecule has 3 aliphatic carbocycles. The van der Waals surface area contributed by atoms with Crippen LogP contribution in [0.3, 0.4) is 0 Å². The molecule has 8 nitrogen and oxygen atoms in total. The molecule has 4 heterocycles. The number of fused-ring (bicyclic) bond motifs is 4. The Morgan fingerprint density at radius 2 is 1.73 bits per heavy atom. The van der Waals surface area contributed by atoms with Gasteiger partial charge in [-0.25, -0.2) is 4.98 Å². The molecule has 5 aromatic rings.